The molecule has 0 fully saturated rings. The third kappa shape index (κ3) is 30.6. The van der Waals surface area contributed by atoms with E-state index < -0.39 is 10.4 Å². The number of allylic oxidation sites excluding steroid dienone is 1. The predicted octanol–water partition coefficient (Wildman–Crippen LogP) is 6.26. The van der Waals surface area contributed by atoms with Crippen molar-refractivity contribution in [1.82, 2.24) is 0 Å². The summed E-state index contributed by atoms with van der Waals surface area (Å²) in [5.41, 5.74) is 0. The Morgan fingerprint density at radius 3 is 1.44 bits per heavy atom. The molecule has 0 spiro atoms. The monoisotopic (exact) mass is 510 g/mol. The third-order valence-electron chi connectivity index (χ3n) is 6.49. The van der Waals surface area contributed by atoms with Crippen molar-refractivity contribution < 1.29 is 46.7 Å². The van der Waals surface area contributed by atoms with E-state index in [9.17, 15) is 13.0 Å². The summed E-state index contributed by atoms with van der Waals surface area (Å²) < 4.78 is 37.1. The van der Waals surface area contributed by atoms with Gasteiger partial charge in [0.25, 0.3) is 0 Å². The van der Waals surface area contributed by atoms with Gasteiger partial charge in [-0.25, -0.2) is 8.42 Å². The summed E-state index contributed by atoms with van der Waals surface area (Å²) in [6.07, 6.45) is 32.2. The second-order valence-corrected chi connectivity index (χ2v) is 10.9. The van der Waals surface area contributed by atoms with E-state index in [1.807, 2.05) is 0 Å². The minimum Gasteiger partial charge on any atom is -0.726 e. The van der Waals surface area contributed by atoms with Gasteiger partial charge in [0.05, 0.1) is 6.61 Å². The first-order valence-corrected chi connectivity index (χ1v) is 15.6. The summed E-state index contributed by atoms with van der Waals surface area (Å²) in [6, 6.07) is 0. The number of hydrogen-bond donors (Lipinski definition) is 0. The Morgan fingerprint density at radius 1 is 0.647 bits per heavy atom. The second-order valence-electron chi connectivity index (χ2n) is 9.82. The van der Waals surface area contributed by atoms with E-state index in [1.54, 1.807) is 0 Å². The molecule has 0 aliphatic heterocycles. The van der Waals surface area contributed by atoms with Crippen LogP contribution in [0.15, 0.2) is 12.2 Å². The Balaban J connectivity index is 0. The fourth-order valence-electron chi connectivity index (χ4n) is 4.34. The molecular formula is C28H55NaO4S. The first-order valence-electron chi connectivity index (χ1n) is 14.3. The van der Waals surface area contributed by atoms with Crippen molar-refractivity contribution in [3.8, 4) is 0 Å². The van der Waals surface area contributed by atoms with E-state index in [2.05, 4.69) is 30.2 Å². The Hall–Kier alpha value is 0.610. The zero-order valence-corrected chi connectivity index (χ0v) is 25.9. The van der Waals surface area contributed by atoms with Crippen molar-refractivity contribution >= 4 is 10.4 Å². The van der Waals surface area contributed by atoms with Crippen molar-refractivity contribution in [2.45, 2.75) is 155 Å². The van der Waals surface area contributed by atoms with Crippen LogP contribution in [0.5, 0.6) is 0 Å². The molecule has 0 amide bonds. The van der Waals surface area contributed by atoms with Gasteiger partial charge in [-0.3, -0.25) is 4.18 Å². The smallest absolute Gasteiger partial charge is 0.726 e. The van der Waals surface area contributed by atoms with Crippen molar-refractivity contribution in [3.05, 3.63) is 12.2 Å². The molecule has 0 aromatic heterocycles. The van der Waals surface area contributed by atoms with E-state index in [0.717, 1.165) is 19.3 Å². The maximum Gasteiger partial charge on any atom is 1.00 e. The van der Waals surface area contributed by atoms with Crippen LogP contribution in [0, 0.1) is 5.92 Å². The van der Waals surface area contributed by atoms with Crippen LogP contribution < -0.4 is 29.6 Å². The zero-order valence-electron chi connectivity index (χ0n) is 23.0. The molecule has 6 heteroatoms. The van der Waals surface area contributed by atoms with E-state index in [0.29, 0.717) is 0 Å². The van der Waals surface area contributed by atoms with E-state index in [1.165, 1.54) is 122 Å². The molecule has 0 aromatic carbocycles. The number of hydrogen-bond acceptors (Lipinski definition) is 4. The molecule has 4 nitrogen and oxygen atoms in total. The molecule has 0 aliphatic rings. The minimum absolute atomic E-state index is 0. The van der Waals surface area contributed by atoms with Gasteiger partial charge in [0.1, 0.15) is 0 Å². The van der Waals surface area contributed by atoms with Crippen molar-refractivity contribution in [3.63, 3.8) is 0 Å². The molecule has 0 aromatic rings. The van der Waals surface area contributed by atoms with Crippen molar-refractivity contribution in [1.29, 1.82) is 0 Å². The first kappa shape index (κ1) is 36.8. The maximum absolute atomic E-state index is 10.9. The van der Waals surface area contributed by atoms with Crippen LogP contribution in [0.25, 0.3) is 0 Å². The molecule has 0 saturated heterocycles. The van der Waals surface area contributed by atoms with Gasteiger partial charge >= 0.3 is 29.6 Å². The molecular weight excluding hydrogens is 455 g/mol. The molecule has 0 bridgehead atoms. The first-order chi connectivity index (χ1) is 16.0. The van der Waals surface area contributed by atoms with Crippen LogP contribution in [-0.4, -0.2) is 19.6 Å². The van der Waals surface area contributed by atoms with Gasteiger partial charge in [-0.05, 0) is 19.3 Å². The van der Waals surface area contributed by atoms with E-state index in [4.69, 9.17) is 0 Å². The van der Waals surface area contributed by atoms with E-state index in [-0.39, 0.29) is 42.1 Å². The molecule has 0 N–H and O–H groups in total. The average molecular weight is 511 g/mol. The molecule has 34 heavy (non-hydrogen) atoms. The predicted molar refractivity (Wildman–Crippen MR) is 141 cm³/mol. The standard InChI is InChI=1S/C28H56O4S.Na/c1-3-5-7-9-11-13-15-16-18-20-22-24-26-28(27-32-33(29,30)31)25-23-21-19-17-14-12-10-8-6-4-2;/h23,25,28H,3-22,24,26-27H2,1-2H3,(H,29,30,31);/q;+1/p-1/b25-23+;. The molecule has 198 valence electrons. The van der Waals surface area contributed by atoms with Gasteiger partial charge in [-0.1, -0.05) is 148 Å². The van der Waals surface area contributed by atoms with Crippen LogP contribution in [0.3, 0.4) is 0 Å². The molecule has 0 heterocycles. The maximum atomic E-state index is 10.9. The Labute approximate surface area is 235 Å². The summed E-state index contributed by atoms with van der Waals surface area (Å²) in [6.45, 7) is 4.49. The zero-order chi connectivity index (χ0) is 24.5. The molecule has 0 radical (unpaired) electrons. The van der Waals surface area contributed by atoms with Gasteiger partial charge in [0, 0.05) is 5.92 Å². The number of unbranched alkanes of at least 4 members (excludes halogenated alkanes) is 19. The topological polar surface area (TPSA) is 66.4 Å². The largest absolute Gasteiger partial charge is 1.00 e. The average Bonchev–Trinajstić information content (AvgIpc) is 2.78. The third-order valence-corrected chi connectivity index (χ3v) is 6.91. The van der Waals surface area contributed by atoms with Crippen LogP contribution >= 0.6 is 0 Å². The molecule has 1 unspecified atom stereocenters. The summed E-state index contributed by atoms with van der Waals surface area (Å²) in [7, 11) is -4.61. The second kappa shape index (κ2) is 28.2. The summed E-state index contributed by atoms with van der Waals surface area (Å²) in [4.78, 5) is 0. The minimum atomic E-state index is -4.61. The van der Waals surface area contributed by atoms with Gasteiger partial charge in [-0.2, -0.15) is 0 Å². The summed E-state index contributed by atoms with van der Waals surface area (Å²) in [5.74, 6) is 0.0193. The number of rotatable bonds is 26. The molecule has 0 rings (SSSR count). The molecule has 0 aliphatic carbocycles. The quantitative estimate of drug-likeness (QED) is 0.0453. The van der Waals surface area contributed by atoms with Gasteiger partial charge < -0.3 is 4.55 Å². The summed E-state index contributed by atoms with van der Waals surface area (Å²) in [5, 5.41) is 0. The van der Waals surface area contributed by atoms with Crippen molar-refractivity contribution in [2.24, 2.45) is 5.92 Å². The Bertz CT molecular complexity index is 522. The Morgan fingerprint density at radius 2 is 1.03 bits per heavy atom. The van der Waals surface area contributed by atoms with Crippen LogP contribution in [0.2, 0.25) is 0 Å². The van der Waals surface area contributed by atoms with Crippen LogP contribution in [0.4, 0.5) is 0 Å². The van der Waals surface area contributed by atoms with Gasteiger partial charge in [0.15, 0.2) is 0 Å². The normalized spacial score (nSPS) is 12.8. The van der Waals surface area contributed by atoms with Gasteiger partial charge in [0.2, 0.25) is 10.4 Å². The van der Waals surface area contributed by atoms with Crippen LogP contribution in [0.1, 0.15) is 155 Å². The summed E-state index contributed by atoms with van der Waals surface area (Å²) >= 11 is 0. The molecule has 1 atom stereocenters. The fourth-order valence-corrected chi connectivity index (χ4v) is 4.68. The SMILES string of the molecule is CCCCCCCCCC/C=C/C(CCCCCCCCCCCCCC)COS(=O)(=O)[O-].[Na+]. The molecule has 0 saturated carbocycles. The fraction of sp³-hybridized carbons (Fsp3) is 0.929. The van der Waals surface area contributed by atoms with Gasteiger partial charge in [-0.15, -0.1) is 0 Å². The Kier molecular flexibility index (Phi) is 30.5. The van der Waals surface area contributed by atoms with Crippen LogP contribution in [-0.2, 0) is 14.6 Å². The van der Waals surface area contributed by atoms with Crippen molar-refractivity contribution in [2.75, 3.05) is 6.61 Å². The van der Waals surface area contributed by atoms with E-state index >= 15 is 0 Å².